The molecular formula is C16H16ClNO6S. The molecule has 0 spiro atoms. The monoisotopic (exact) mass is 385 g/mol. The highest BCUT2D eigenvalue weighted by atomic mass is 35.5. The van der Waals surface area contributed by atoms with Crippen LogP contribution in [0.2, 0.25) is 5.02 Å². The molecule has 25 heavy (non-hydrogen) atoms. The van der Waals surface area contributed by atoms with Crippen LogP contribution in [0.15, 0.2) is 47.4 Å². The standard InChI is InChI=1S/C16H16ClNO6S/c1-18(23-3)25(20,21)15-10-11(4-9-14(15)17)16(19)24-13-7-5-12(22-2)6-8-13/h4-10H,1-3H3. The SMILES string of the molecule is COc1ccc(OC(=O)c2ccc(Cl)c(S(=O)(=O)N(C)OC)c2)cc1. The molecule has 0 bridgehead atoms. The van der Waals surface area contributed by atoms with E-state index < -0.39 is 16.0 Å². The fourth-order valence-electron chi connectivity index (χ4n) is 1.87. The number of methoxy groups -OCH3 is 1. The van der Waals surface area contributed by atoms with Crippen molar-refractivity contribution >= 4 is 27.6 Å². The van der Waals surface area contributed by atoms with Crippen LogP contribution in [0, 0.1) is 0 Å². The van der Waals surface area contributed by atoms with E-state index in [-0.39, 0.29) is 15.5 Å². The highest BCUT2D eigenvalue weighted by Crippen LogP contribution is 2.26. The Hall–Kier alpha value is -2.13. The maximum Gasteiger partial charge on any atom is 0.343 e. The van der Waals surface area contributed by atoms with Gasteiger partial charge in [-0.15, -0.1) is 0 Å². The van der Waals surface area contributed by atoms with Gasteiger partial charge in [-0.25, -0.2) is 13.2 Å². The summed E-state index contributed by atoms with van der Waals surface area (Å²) in [4.78, 5) is 16.7. The van der Waals surface area contributed by atoms with Crippen LogP contribution in [0.3, 0.4) is 0 Å². The molecule has 0 aliphatic rings. The predicted octanol–water partition coefficient (Wildman–Crippen LogP) is 2.75. The molecule has 0 saturated carbocycles. The van der Waals surface area contributed by atoms with Gasteiger partial charge >= 0.3 is 5.97 Å². The Morgan fingerprint density at radius 3 is 2.20 bits per heavy atom. The summed E-state index contributed by atoms with van der Waals surface area (Å²) in [6, 6.07) is 10.2. The van der Waals surface area contributed by atoms with Crippen LogP contribution in [0.4, 0.5) is 0 Å². The third kappa shape index (κ3) is 4.29. The van der Waals surface area contributed by atoms with E-state index in [1.807, 2.05) is 0 Å². The van der Waals surface area contributed by atoms with Gasteiger partial charge in [0.1, 0.15) is 16.4 Å². The number of ether oxygens (including phenoxy) is 2. The van der Waals surface area contributed by atoms with Crippen LogP contribution in [-0.2, 0) is 14.9 Å². The van der Waals surface area contributed by atoms with E-state index in [4.69, 9.17) is 25.9 Å². The molecule has 134 valence electrons. The zero-order chi connectivity index (χ0) is 18.6. The number of carbonyl (C=O) groups is 1. The second kappa shape index (κ2) is 7.83. The largest absolute Gasteiger partial charge is 0.497 e. The van der Waals surface area contributed by atoms with Gasteiger partial charge in [0.05, 0.1) is 24.8 Å². The average Bonchev–Trinajstić information content (AvgIpc) is 2.61. The highest BCUT2D eigenvalue weighted by Gasteiger charge is 2.25. The highest BCUT2D eigenvalue weighted by molar-refractivity contribution is 7.89. The van der Waals surface area contributed by atoms with Gasteiger partial charge in [-0.3, -0.25) is 4.84 Å². The lowest BCUT2D eigenvalue weighted by atomic mass is 10.2. The maximum atomic E-state index is 12.3. The van der Waals surface area contributed by atoms with Gasteiger partial charge in [0.2, 0.25) is 0 Å². The van der Waals surface area contributed by atoms with Crippen molar-refractivity contribution in [2.75, 3.05) is 21.3 Å². The summed E-state index contributed by atoms with van der Waals surface area (Å²) in [5.41, 5.74) is 0.0308. The van der Waals surface area contributed by atoms with Crippen LogP contribution in [0.5, 0.6) is 11.5 Å². The predicted molar refractivity (Wildman–Crippen MR) is 91.4 cm³/mol. The molecule has 2 rings (SSSR count). The fourth-order valence-corrected chi connectivity index (χ4v) is 3.35. The summed E-state index contributed by atoms with van der Waals surface area (Å²) < 4.78 is 35.6. The second-order valence-electron chi connectivity index (χ2n) is 4.81. The van der Waals surface area contributed by atoms with Crippen LogP contribution >= 0.6 is 11.6 Å². The quantitative estimate of drug-likeness (QED) is 0.432. The van der Waals surface area contributed by atoms with E-state index in [1.165, 1.54) is 33.4 Å². The summed E-state index contributed by atoms with van der Waals surface area (Å²) >= 11 is 5.95. The van der Waals surface area contributed by atoms with Gasteiger partial charge in [0, 0.05) is 7.05 Å². The molecule has 0 unspecified atom stereocenters. The van der Waals surface area contributed by atoms with Crippen molar-refractivity contribution in [2.45, 2.75) is 4.90 Å². The number of hydrogen-bond donors (Lipinski definition) is 0. The minimum Gasteiger partial charge on any atom is -0.497 e. The Balaban J connectivity index is 2.30. The molecule has 0 fully saturated rings. The van der Waals surface area contributed by atoms with Gasteiger partial charge in [0.15, 0.2) is 0 Å². The number of rotatable bonds is 6. The van der Waals surface area contributed by atoms with Crippen molar-refractivity contribution < 1.29 is 27.5 Å². The lowest BCUT2D eigenvalue weighted by Crippen LogP contribution is -2.26. The smallest absolute Gasteiger partial charge is 0.343 e. The van der Waals surface area contributed by atoms with Crippen molar-refractivity contribution in [3.05, 3.63) is 53.1 Å². The first-order valence-electron chi connectivity index (χ1n) is 6.98. The molecule has 0 amide bonds. The molecule has 0 aromatic heterocycles. The van der Waals surface area contributed by atoms with E-state index >= 15 is 0 Å². The molecule has 0 radical (unpaired) electrons. The summed E-state index contributed by atoms with van der Waals surface area (Å²) in [6.45, 7) is 0. The number of nitrogens with zero attached hydrogens (tertiary/aromatic N) is 1. The van der Waals surface area contributed by atoms with Crippen LogP contribution in [-0.4, -0.2) is 40.1 Å². The number of carbonyl (C=O) groups excluding carboxylic acids is 1. The molecule has 0 aliphatic carbocycles. The maximum absolute atomic E-state index is 12.3. The number of hydrogen-bond acceptors (Lipinski definition) is 6. The van der Waals surface area contributed by atoms with Crippen molar-refractivity contribution in [1.82, 2.24) is 4.47 Å². The molecule has 2 aromatic carbocycles. The van der Waals surface area contributed by atoms with E-state index in [0.29, 0.717) is 16.0 Å². The number of esters is 1. The Morgan fingerprint density at radius 2 is 1.64 bits per heavy atom. The van der Waals surface area contributed by atoms with Crippen LogP contribution in [0.1, 0.15) is 10.4 Å². The van der Waals surface area contributed by atoms with Crippen LogP contribution in [0.25, 0.3) is 0 Å². The Morgan fingerprint density at radius 1 is 1.04 bits per heavy atom. The van der Waals surface area contributed by atoms with Gasteiger partial charge in [-0.2, -0.15) is 0 Å². The first-order chi connectivity index (χ1) is 11.8. The van der Waals surface area contributed by atoms with Crippen LogP contribution < -0.4 is 9.47 Å². The van der Waals surface area contributed by atoms with Gasteiger partial charge in [0.25, 0.3) is 10.0 Å². The molecule has 0 N–H and O–H groups in total. The lowest BCUT2D eigenvalue weighted by molar-refractivity contribution is -0.0258. The molecule has 2 aromatic rings. The number of sulfonamides is 1. The van der Waals surface area contributed by atoms with Gasteiger partial charge < -0.3 is 9.47 Å². The topological polar surface area (TPSA) is 82.1 Å². The Labute approximate surface area is 150 Å². The van der Waals surface area contributed by atoms with E-state index in [1.54, 1.807) is 24.3 Å². The lowest BCUT2D eigenvalue weighted by Gasteiger charge is -2.15. The van der Waals surface area contributed by atoms with E-state index in [9.17, 15) is 13.2 Å². The number of hydroxylamine groups is 1. The summed E-state index contributed by atoms with van der Waals surface area (Å²) in [5.74, 6) is 0.180. The fraction of sp³-hybridized carbons (Fsp3) is 0.188. The molecule has 0 aliphatic heterocycles. The van der Waals surface area contributed by atoms with Crippen molar-refractivity contribution in [3.63, 3.8) is 0 Å². The molecule has 0 heterocycles. The zero-order valence-corrected chi connectivity index (χ0v) is 15.3. The van der Waals surface area contributed by atoms with E-state index in [2.05, 4.69) is 0 Å². The third-order valence-electron chi connectivity index (χ3n) is 3.31. The molecule has 0 atom stereocenters. The van der Waals surface area contributed by atoms with Crippen molar-refractivity contribution in [1.29, 1.82) is 0 Å². The normalized spacial score (nSPS) is 11.4. The van der Waals surface area contributed by atoms with Gasteiger partial charge in [-0.05, 0) is 42.5 Å². The van der Waals surface area contributed by atoms with Crippen molar-refractivity contribution in [3.8, 4) is 11.5 Å². The summed E-state index contributed by atoms with van der Waals surface area (Å²) in [6.07, 6.45) is 0. The summed E-state index contributed by atoms with van der Waals surface area (Å²) in [5, 5.41) is -0.0371. The first-order valence-corrected chi connectivity index (χ1v) is 8.80. The third-order valence-corrected chi connectivity index (χ3v) is 5.47. The summed E-state index contributed by atoms with van der Waals surface area (Å²) in [7, 11) is -0.0633. The number of halogens is 1. The minimum absolute atomic E-state index is 0.0308. The number of benzene rings is 2. The minimum atomic E-state index is -4.00. The Bertz CT molecular complexity index is 867. The molecule has 9 heteroatoms. The van der Waals surface area contributed by atoms with Gasteiger partial charge in [-0.1, -0.05) is 16.1 Å². The molecule has 0 saturated heterocycles. The molecule has 7 nitrogen and oxygen atoms in total. The average molecular weight is 386 g/mol. The van der Waals surface area contributed by atoms with E-state index in [0.717, 1.165) is 6.07 Å². The zero-order valence-electron chi connectivity index (χ0n) is 13.7. The second-order valence-corrected chi connectivity index (χ2v) is 7.12. The Kier molecular flexibility index (Phi) is 6.02. The first kappa shape index (κ1) is 19.2. The van der Waals surface area contributed by atoms with Crippen molar-refractivity contribution in [2.24, 2.45) is 0 Å². The molecular weight excluding hydrogens is 370 g/mol.